The lowest BCUT2D eigenvalue weighted by Crippen LogP contribution is -1.83. The van der Waals surface area contributed by atoms with Crippen LogP contribution in [-0.4, -0.2) is 7.05 Å². The molecule has 0 aliphatic carbocycles. The van der Waals surface area contributed by atoms with Crippen molar-refractivity contribution in [3.05, 3.63) is 42.0 Å². The molecule has 0 fully saturated rings. The third kappa shape index (κ3) is 2.89. The Balaban J connectivity index is 0.000000561. The van der Waals surface area contributed by atoms with E-state index in [0.717, 1.165) is 6.42 Å². The van der Waals surface area contributed by atoms with E-state index in [1.807, 2.05) is 12.1 Å². The molecule has 0 saturated heterocycles. The number of hydrogen-bond donors (Lipinski definition) is 1. The van der Waals surface area contributed by atoms with Crippen LogP contribution < -0.4 is 5.73 Å². The number of rotatable bonds is 2. The molecule has 0 radical (unpaired) electrons. The van der Waals surface area contributed by atoms with Crippen molar-refractivity contribution in [2.24, 2.45) is 5.73 Å². The molecule has 0 bridgehead atoms. The van der Waals surface area contributed by atoms with Gasteiger partial charge in [0.2, 0.25) is 0 Å². The average Bonchev–Trinajstić information content (AvgIpc) is 2.20. The molecule has 1 aromatic carbocycles. The fraction of sp³-hybridized carbons (Fsp3) is 0.273. The van der Waals surface area contributed by atoms with Crippen LogP contribution in [0.4, 0.5) is 0 Å². The van der Waals surface area contributed by atoms with Crippen molar-refractivity contribution in [1.29, 1.82) is 0 Å². The van der Waals surface area contributed by atoms with Crippen LogP contribution >= 0.6 is 0 Å². The fourth-order valence-corrected chi connectivity index (χ4v) is 1.06. The first-order valence-corrected chi connectivity index (χ1v) is 4.16. The van der Waals surface area contributed by atoms with Crippen LogP contribution in [0, 0.1) is 0 Å². The quantitative estimate of drug-likeness (QED) is 0.712. The van der Waals surface area contributed by atoms with E-state index in [2.05, 4.69) is 37.4 Å². The Hall–Kier alpha value is -1.08. The highest BCUT2D eigenvalue weighted by atomic mass is 14.4. The summed E-state index contributed by atoms with van der Waals surface area (Å²) in [6.45, 7) is 5.89. The zero-order chi connectivity index (χ0) is 9.40. The SMILES string of the molecule is C=Cc1ccccc1CC.CN. The lowest BCUT2D eigenvalue weighted by molar-refractivity contribution is 1.13. The Morgan fingerprint density at radius 2 is 1.92 bits per heavy atom. The third-order valence-electron chi connectivity index (χ3n) is 1.66. The second kappa shape index (κ2) is 6.62. The lowest BCUT2D eigenvalue weighted by Gasteiger charge is -1.99. The zero-order valence-corrected chi connectivity index (χ0v) is 7.88. The van der Waals surface area contributed by atoms with Crippen molar-refractivity contribution in [2.75, 3.05) is 7.05 Å². The summed E-state index contributed by atoms with van der Waals surface area (Å²) in [6.07, 6.45) is 2.99. The number of aryl methyl sites for hydroxylation is 1. The predicted octanol–water partition coefficient (Wildman–Crippen LogP) is 2.47. The Labute approximate surface area is 74.9 Å². The molecule has 0 aromatic heterocycles. The van der Waals surface area contributed by atoms with Gasteiger partial charge in [-0.05, 0) is 24.6 Å². The molecular weight excluding hydrogens is 146 g/mol. The minimum absolute atomic E-state index is 1.09. The Bertz CT molecular complexity index is 228. The van der Waals surface area contributed by atoms with Gasteiger partial charge in [0.05, 0.1) is 0 Å². The number of nitrogens with two attached hydrogens (primary N) is 1. The van der Waals surface area contributed by atoms with E-state index in [1.54, 1.807) is 0 Å². The second-order valence-corrected chi connectivity index (χ2v) is 2.26. The molecule has 12 heavy (non-hydrogen) atoms. The van der Waals surface area contributed by atoms with Crippen molar-refractivity contribution >= 4 is 6.08 Å². The normalized spacial score (nSPS) is 8.25. The molecule has 0 saturated carbocycles. The van der Waals surface area contributed by atoms with Crippen molar-refractivity contribution in [2.45, 2.75) is 13.3 Å². The van der Waals surface area contributed by atoms with Crippen molar-refractivity contribution in [3.63, 3.8) is 0 Å². The standard InChI is InChI=1S/C10H12.CH5N/c1-3-9-7-5-6-8-10(9)4-2;1-2/h3,5-8H,1,4H2,2H3;2H2,1H3. The Morgan fingerprint density at radius 1 is 1.33 bits per heavy atom. The molecule has 1 heteroatoms. The summed E-state index contributed by atoms with van der Waals surface area (Å²) < 4.78 is 0. The maximum absolute atomic E-state index is 4.50. The van der Waals surface area contributed by atoms with Gasteiger partial charge in [0.1, 0.15) is 0 Å². The minimum Gasteiger partial charge on any atom is -0.333 e. The van der Waals surface area contributed by atoms with Crippen LogP contribution in [0.25, 0.3) is 6.08 Å². The lowest BCUT2D eigenvalue weighted by atomic mass is 10.1. The van der Waals surface area contributed by atoms with Gasteiger partial charge in [0.25, 0.3) is 0 Å². The van der Waals surface area contributed by atoms with Gasteiger partial charge in [-0.1, -0.05) is 43.8 Å². The monoisotopic (exact) mass is 163 g/mol. The molecule has 0 aliphatic rings. The van der Waals surface area contributed by atoms with Crippen LogP contribution in [0.2, 0.25) is 0 Å². The molecule has 0 spiro atoms. The van der Waals surface area contributed by atoms with Gasteiger partial charge >= 0.3 is 0 Å². The van der Waals surface area contributed by atoms with Gasteiger partial charge in [-0.3, -0.25) is 0 Å². The molecule has 0 heterocycles. The van der Waals surface area contributed by atoms with Gasteiger partial charge in [0, 0.05) is 0 Å². The molecule has 2 N–H and O–H groups in total. The summed E-state index contributed by atoms with van der Waals surface area (Å²) >= 11 is 0. The number of benzene rings is 1. The molecular formula is C11H17N. The van der Waals surface area contributed by atoms with Gasteiger partial charge in [-0.25, -0.2) is 0 Å². The van der Waals surface area contributed by atoms with E-state index in [0.29, 0.717) is 0 Å². The first-order chi connectivity index (χ1) is 5.88. The van der Waals surface area contributed by atoms with Gasteiger partial charge in [-0.2, -0.15) is 0 Å². The molecule has 66 valence electrons. The van der Waals surface area contributed by atoms with Crippen LogP contribution in [0.1, 0.15) is 18.1 Å². The van der Waals surface area contributed by atoms with Crippen LogP contribution in [0.15, 0.2) is 30.8 Å². The van der Waals surface area contributed by atoms with E-state index in [4.69, 9.17) is 0 Å². The second-order valence-electron chi connectivity index (χ2n) is 2.26. The Kier molecular flexibility index (Phi) is 6.02. The van der Waals surface area contributed by atoms with E-state index >= 15 is 0 Å². The highest BCUT2D eigenvalue weighted by Gasteiger charge is 1.91. The minimum atomic E-state index is 1.09. The summed E-state index contributed by atoms with van der Waals surface area (Å²) in [5, 5.41) is 0. The average molecular weight is 163 g/mol. The number of hydrogen-bond acceptors (Lipinski definition) is 1. The third-order valence-corrected chi connectivity index (χ3v) is 1.66. The van der Waals surface area contributed by atoms with E-state index < -0.39 is 0 Å². The maximum atomic E-state index is 4.50. The van der Waals surface area contributed by atoms with E-state index in [9.17, 15) is 0 Å². The van der Waals surface area contributed by atoms with Crippen molar-refractivity contribution in [1.82, 2.24) is 0 Å². The molecule has 0 amide bonds. The van der Waals surface area contributed by atoms with Gasteiger partial charge in [-0.15, -0.1) is 0 Å². The highest BCUT2D eigenvalue weighted by molar-refractivity contribution is 5.51. The largest absolute Gasteiger partial charge is 0.333 e. The smallest absolute Gasteiger partial charge is 0.0195 e. The van der Waals surface area contributed by atoms with E-state index in [1.165, 1.54) is 18.2 Å². The van der Waals surface area contributed by atoms with Crippen LogP contribution in [0.5, 0.6) is 0 Å². The van der Waals surface area contributed by atoms with Gasteiger partial charge < -0.3 is 5.73 Å². The first kappa shape index (κ1) is 10.9. The first-order valence-electron chi connectivity index (χ1n) is 4.16. The van der Waals surface area contributed by atoms with E-state index in [-0.39, 0.29) is 0 Å². The van der Waals surface area contributed by atoms with Crippen molar-refractivity contribution in [3.8, 4) is 0 Å². The summed E-state index contributed by atoms with van der Waals surface area (Å²) in [6, 6.07) is 8.32. The summed E-state index contributed by atoms with van der Waals surface area (Å²) in [5.74, 6) is 0. The summed E-state index contributed by atoms with van der Waals surface area (Å²) in [5.41, 5.74) is 7.13. The highest BCUT2D eigenvalue weighted by Crippen LogP contribution is 2.09. The predicted molar refractivity (Wildman–Crippen MR) is 56.0 cm³/mol. The molecule has 1 aromatic rings. The molecule has 1 nitrogen and oxygen atoms in total. The summed E-state index contributed by atoms with van der Waals surface area (Å²) in [7, 11) is 1.50. The molecule has 0 aliphatic heterocycles. The van der Waals surface area contributed by atoms with Crippen LogP contribution in [-0.2, 0) is 6.42 Å². The van der Waals surface area contributed by atoms with Gasteiger partial charge in [0.15, 0.2) is 0 Å². The zero-order valence-electron chi connectivity index (χ0n) is 7.88. The summed E-state index contributed by atoms with van der Waals surface area (Å²) in [4.78, 5) is 0. The molecule has 0 atom stereocenters. The maximum Gasteiger partial charge on any atom is -0.0195 e. The molecule has 1 rings (SSSR count). The Morgan fingerprint density at radius 3 is 2.33 bits per heavy atom. The molecule has 0 unspecified atom stereocenters. The van der Waals surface area contributed by atoms with Crippen molar-refractivity contribution < 1.29 is 0 Å². The topological polar surface area (TPSA) is 26.0 Å². The van der Waals surface area contributed by atoms with Crippen LogP contribution in [0.3, 0.4) is 0 Å². The fourth-order valence-electron chi connectivity index (χ4n) is 1.06.